The van der Waals surface area contributed by atoms with E-state index in [1.165, 1.54) is 17.3 Å². The van der Waals surface area contributed by atoms with Gasteiger partial charge in [-0.15, -0.1) is 10.2 Å². The van der Waals surface area contributed by atoms with Crippen molar-refractivity contribution in [3.05, 3.63) is 65.0 Å². The van der Waals surface area contributed by atoms with Gasteiger partial charge in [0.05, 0.1) is 24.1 Å². The average molecular weight is 425 g/mol. The zero-order chi connectivity index (χ0) is 21.7. The minimum Gasteiger partial charge on any atom is -0.494 e. The van der Waals surface area contributed by atoms with Gasteiger partial charge in [0, 0.05) is 0 Å². The number of carbonyl (C=O) groups excluding carboxylic acids is 1. The van der Waals surface area contributed by atoms with E-state index in [1.807, 2.05) is 49.6 Å². The molecule has 30 heavy (non-hydrogen) atoms. The van der Waals surface area contributed by atoms with Crippen molar-refractivity contribution in [2.45, 2.75) is 45.8 Å². The smallest absolute Gasteiger partial charge is 0.230 e. The summed E-state index contributed by atoms with van der Waals surface area (Å²) in [6, 6.07) is 14.0. The molecule has 0 aliphatic heterocycles. The summed E-state index contributed by atoms with van der Waals surface area (Å²) in [5.41, 5.74) is 4.38. The quantitative estimate of drug-likeness (QED) is 0.537. The highest BCUT2D eigenvalue weighted by Gasteiger charge is 2.16. The maximum atomic E-state index is 12.5. The number of aryl methyl sites for hydroxylation is 3. The van der Waals surface area contributed by atoms with Gasteiger partial charge in [0.2, 0.25) is 5.91 Å². The number of carbonyl (C=O) groups is 1. The number of nitrogens with one attached hydrogen (secondary N) is 1. The van der Waals surface area contributed by atoms with E-state index >= 15 is 0 Å². The van der Waals surface area contributed by atoms with Crippen LogP contribution in [0.1, 0.15) is 42.4 Å². The SMILES string of the molecule is CCOc1ccc(C(C)NC(=O)CSc2nnc(C)n2-c2cc(C)ccc2C)cc1. The number of benzene rings is 2. The number of thioether (sulfide) groups is 1. The Kier molecular flexibility index (Phi) is 7.15. The summed E-state index contributed by atoms with van der Waals surface area (Å²) in [5.74, 6) is 1.85. The predicted molar refractivity (Wildman–Crippen MR) is 120 cm³/mol. The van der Waals surface area contributed by atoms with Crippen LogP contribution in [-0.2, 0) is 4.79 Å². The molecule has 0 aliphatic carbocycles. The summed E-state index contributed by atoms with van der Waals surface area (Å²) in [6.07, 6.45) is 0. The molecule has 0 fully saturated rings. The Morgan fingerprint density at radius 1 is 1.13 bits per heavy atom. The topological polar surface area (TPSA) is 69.0 Å². The van der Waals surface area contributed by atoms with Gasteiger partial charge in [0.15, 0.2) is 5.16 Å². The van der Waals surface area contributed by atoms with Crippen LogP contribution in [0, 0.1) is 20.8 Å². The third-order valence-corrected chi connectivity index (χ3v) is 5.73. The normalized spacial score (nSPS) is 11.9. The van der Waals surface area contributed by atoms with Crippen molar-refractivity contribution in [1.29, 1.82) is 0 Å². The molecule has 0 aliphatic rings. The second-order valence-corrected chi connectivity index (χ2v) is 8.18. The summed E-state index contributed by atoms with van der Waals surface area (Å²) < 4.78 is 7.48. The zero-order valence-electron chi connectivity index (χ0n) is 18.1. The molecule has 158 valence electrons. The van der Waals surface area contributed by atoms with Gasteiger partial charge in [0.1, 0.15) is 11.6 Å². The van der Waals surface area contributed by atoms with Crippen molar-refractivity contribution in [3.8, 4) is 11.4 Å². The molecule has 6 nitrogen and oxygen atoms in total. The first-order valence-corrected chi connectivity index (χ1v) is 11.0. The van der Waals surface area contributed by atoms with Crippen LogP contribution in [0.4, 0.5) is 0 Å². The van der Waals surface area contributed by atoms with Gasteiger partial charge in [-0.25, -0.2) is 0 Å². The number of rotatable bonds is 8. The maximum Gasteiger partial charge on any atom is 0.230 e. The molecule has 0 radical (unpaired) electrons. The van der Waals surface area contributed by atoms with Crippen LogP contribution in [0.3, 0.4) is 0 Å². The molecule has 1 unspecified atom stereocenters. The van der Waals surface area contributed by atoms with E-state index in [-0.39, 0.29) is 17.7 Å². The summed E-state index contributed by atoms with van der Waals surface area (Å²) in [5, 5.41) is 12.3. The third kappa shape index (κ3) is 5.21. The second-order valence-electron chi connectivity index (χ2n) is 7.24. The number of hydrogen-bond acceptors (Lipinski definition) is 5. The molecule has 1 heterocycles. The lowest BCUT2D eigenvalue weighted by molar-refractivity contribution is -0.119. The molecule has 0 spiro atoms. The molecular formula is C23H28N4O2S. The predicted octanol–water partition coefficient (Wildman–Crippen LogP) is 4.56. The minimum atomic E-state index is -0.0904. The lowest BCUT2D eigenvalue weighted by Gasteiger charge is -2.15. The van der Waals surface area contributed by atoms with Crippen molar-refractivity contribution in [2.24, 2.45) is 0 Å². The molecule has 3 rings (SSSR count). The van der Waals surface area contributed by atoms with Gasteiger partial charge in [-0.1, -0.05) is 36.0 Å². The highest BCUT2D eigenvalue weighted by Crippen LogP contribution is 2.25. The molecule has 2 aromatic carbocycles. The van der Waals surface area contributed by atoms with Crippen molar-refractivity contribution in [1.82, 2.24) is 20.1 Å². The van der Waals surface area contributed by atoms with Gasteiger partial charge < -0.3 is 10.1 Å². The van der Waals surface area contributed by atoms with Crippen LogP contribution >= 0.6 is 11.8 Å². The minimum absolute atomic E-state index is 0.0467. The molecule has 1 atom stereocenters. The Balaban J connectivity index is 1.65. The fourth-order valence-corrected chi connectivity index (χ4v) is 3.99. The number of hydrogen-bond donors (Lipinski definition) is 1. The average Bonchev–Trinajstić information content (AvgIpc) is 3.09. The Labute approximate surface area is 182 Å². The van der Waals surface area contributed by atoms with Crippen molar-refractivity contribution < 1.29 is 9.53 Å². The van der Waals surface area contributed by atoms with E-state index < -0.39 is 0 Å². The summed E-state index contributed by atoms with van der Waals surface area (Å²) in [7, 11) is 0. The van der Waals surface area contributed by atoms with Crippen molar-refractivity contribution in [3.63, 3.8) is 0 Å². The van der Waals surface area contributed by atoms with Crippen LogP contribution < -0.4 is 10.1 Å². The Hall–Kier alpha value is -2.80. The standard InChI is InChI=1S/C23H28N4O2S/c1-6-29-20-11-9-19(10-12-20)17(4)24-22(28)14-30-23-26-25-18(5)27(23)21-13-15(2)7-8-16(21)3/h7-13,17H,6,14H2,1-5H3,(H,24,28). The second kappa shape index (κ2) is 9.80. The molecule has 7 heteroatoms. The highest BCUT2D eigenvalue weighted by molar-refractivity contribution is 7.99. The number of aromatic nitrogens is 3. The molecule has 3 aromatic rings. The first-order chi connectivity index (χ1) is 14.4. The lowest BCUT2D eigenvalue weighted by atomic mass is 10.1. The molecule has 1 amide bonds. The molecule has 0 bridgehead atoms. The largest absolute Gasteiger partial charge is 0.494 e. The van der Waals surface area contributed by atoms with Crippen LogP contribution in [0.2, 0.25) is 0 Å². The van der Waals surface area contributed by atoms with E-state index in [0.717, 1.165) is 28.4 Å². The van der Waals surface area contributed by atoms with Gasteiger partial charge in [-0.3, -0.25) is 9.36 Å². The number of ether oxygens (including phenoxy) is 1. The van der Waals surface area contributed by atoms with Gasteiger partial charge >= 0.3 is 0 Å². The van der Waals surface area contributed by atoms with E-state index in [1.54, 1.807) is 0 Å². The lowest BCUT2D eigenvalue weighted by Crippen LogP contribution is -2.28. The monoisotopic (exact) mass is 424 g/mol. The summed E-state index contributed by atoms with van der Waals surface area (Å²) in [6.45, 7) is 10.6. The summed E-state index contributed by atoms with van der Waals surface area (Å²) in [4.78, 5) is 12.5. The van der Waals surface area contributed by atoms with Crippen LogP contribution in [0.5, 0.6) is 5.75 Å². The molecule has 0 saturated heterocycles. The Morgan fingerprint density at radius 2 is 1.87 bits per heavy atom. The van der Waals surface area contributed by atoms with Gasteiger partial charge in [-0.2, -0.15) is 0 Å². The van der Waals surface area contributed by atoms with Gasteiger partial charge in [0.25, 0.3) is 0 Å². The van der Waals surface area contributed by atoms with E-state index in [0.29, 0.717) is 11.8 Å². The fourth-order valence-electron chi connectivity index (χ4n) is 3.19. The fraction of sp³-hybridized carbons (Fsp3) is 0.348. The van der Waals surface area contributed by atoms with Gasteiger partial charge in [-0.05, 0) is 69.5 Å². The maximum absolute atomic E-state index is 12.5. The molecule has 1 aromatic heterocycles. The van der Waals surface area contributed by atoms with E-state index in [4.69, 9.17) is 4.74 Å². The molecule has 1 N–H and O–H groups in total. The molecule has 0 saturated carbocycles. The Morgan fingerprint density at radius 3 is 2.57 bits per heavy atom. The zero-order valence-corrected chi connectivity index (χ0v) is 18.9. The third-order valence-electron chi connectivity index (χ3n) is 4.80. The molecular weight excluding hydrogens is 396 g/mol. The van der Waals surface area contributed by atoms with Crippen LogP contribution in [0.25, 0.3) is 5.69 Å². The van der Waals surface area contributed by atoms with E-state index in [9.17, 15) is 4.79 Å². The van der Waals surface area contributed by atoms with Crippen LogP contribution in [0.15, 0.2) is 47.6 Å². The highest BCUT2D eigenvalue weighted by atomic mass is 32.2. The number of nitrogens with zero attached hydrogens (tertiary/aromatic N) is 3. The summed E-state index contributed by atoms with van der Waals surface area (Å²) >= 11 is 1.39. The van der Waals surface area contributed by atoms with Crippen molar-refractivity contribution >= 4 is 17.7 Å². The van der Waals surface area contributed by atoms with Crippen molar-refractivity contribution in [2.75, 3.05) is 12.4 Å². The Bertz CT molecular complexity index is 1010. The van der Waals surface area contributed by atoms with Crippen LogP contribution in [-0.4, -0.2) is 33.0 Å². The first-order valence-electron chi connectivity index (χ1n) is 10.0. The van der Waals surface area contributed by atoms with E-state index in [2.05, 4.69) is 47.6 Å². The first kappa shape index (κ1) is 21.9. The number of amides is 1.